The summed E-state index contributed by atoms with van der Waals surface area (Å²) in [5.41, 5.74) is -1.78. The highest BCUT2D eigenvalue weighted by Gasteiger charge is 2.51. The van der Waals surface area contributed by atoms with Gasteiger partial charge in [0.25, 0.3) is 5.56 Å². The Morgan fingerprint density at radius 2 is 1.70 bits per heavy atom. The van der Waals surface area contributed by atoms with Gasteiger partial charge in [-0.1, -0.05) is 41.9 Å². The normalized spacial score (nSPS) is 17.6. The van der Waals surface area contributed by atoms with Crippen LogP contribution in [0.1, 0.15) is 0 Å². The van der Waals surface area contributed by atoms with Gasteiger partial charge in [-0.15, -0.1) is 5.06 Å². The van der Waals surface area contributed by atoms with Crippen molar-refractivity contribution in [2.24, 2.45) is 0 Å². The third-order valence-corrected chi connectivity index (χ3v) is 6.69. The number of carbonyl (C=O) groups excluding carboxylic acids is 1. The van der Waals surface area contributed by atoms with Crippen LogP contribution in [-0.2, 0) is 16.2 Å². The van der Waals surface area contributed by atoms with Crippen molar-refractivity contribution in [1.29, 1.82) is 0 Å². The summed E-state index contributed by atoms with van der Waals surface area (Å²) in [7, 11) is 0. The van der Waals surface area contributed by atoms with Crippen molar-refractivity contribution in [3.8, 4) is 5.75 Å². The lowest BCUT2D eigenvalue weighted by Gasteiger charge is -2.41. The number of piperazine rings is 1. The molecule has 1 unspecified atom stereocenters. The van der Waals surface area contributed by atoms with E-state index in [4.69, 9.17) is 21.2 Å². The third kappa shape index (κ3) is 5.37. The van der Waals surface area contributed by atoms with Crippen LogP contribution in [0.4, 0.5) is 30.4 Å². The van der Waals surface area contributed by atoms with E-state index >= 15 is 0 Å². The molecule has 5 rings (SSSR count). The van der Waals surface area contributed by atoms with Gasteiger partial charge in [-0.25, -0.2) is 9.59 Å². The molecule has 1 fully saturated rings. The zero-order chi connectivity index (χ0) is 28.4. The van der Waals surface area contributed by atoms with E-state index in [1.165, 1.54) is 4.90 Å². The van der Waals surface area contributed by atoms with E-state index < -0.39 is 29.7 Å². The Bertz CT molecular complexity index is 1490. The molecular weight excluding hydrogens is 557 g/mol. The Morgan fingerprint density at radius 1 is 1.02 bits per heavy atom. The van der Waals surface area contributed by atoms with E-state index in [2.05, 4.69) is 10.3 Å². The number of aromatic amines is 1. The zero-order valence-corrected chi connectivity index (χ0v) is 21.6. The van der Waals surface area contributed by atoms with Crippen LogP contribution in [0, 0.1) is 0 Å². The first-order valence-corrected chi connectivity index (χ1v) is 12.7. The SMILES string of the molecule is O=C(ON1c2c(c(=O)[nH]c(=O)n2CCOc2ccccc2)N(c2ccccc2Cl)C1N1CCNCC1)C(F)(F)F. The minimum Gasteiger partial charge on any atom is -0.492 e. The van der Waals surface area contributed by atoms with E-state index in [1.54, 1.807) is 59.5 Å². The minimum atomic E-state index is -5.35. The first-order chi connectivity index (χ1) is 19.2. The Labute approximate surface area is 230 Å². The van der Waals surface area contributed by atoms with Crippen molar-refractivity contribution in [1.82, 2.24) is 19.8 Å². The highest BCUT2D eigenvalue weighted by atomic mass is 35.5. The van der Waals surface area contributed by atoms with Gasteiger partial charge >= 0.3 is 17.8 Å². The molecule has 212 valence electrons. The molecule has 3 aromatic rings. The number of hydrogen-bond donors (Lipinski definition) is 2. The fourth-order valence-electron chi connectivity index (χ4n) is 4.65. The maximum atomic E-state index is 13.5. The molecule has 15 heteroatoms. The number of hydrogen-bond acceptors (Lipinski definition) is 9. The second kappa shape index (κ2) is 11.2. The van der Waals surface area contributed by atoms with Gasteiger partial charge in [0.2, 0.25) is 6.29 Å². The molecule has 2 aliphatic rings. The summed E-state index contributed by atoms with van der Waals surface area (Å²) in [4.78, 5) is 48.8. The van der Waals surface area contributed by atoms with Gasteiger partial charge in [-0.05, 0) is 24.3 Å². The molecule has 3 heterocycles. The number of benzene rings is 2. The molecule has 0 spiro atoms. The van der Waals surface area contributed by atoms with Crippen LogP contribution in [0.2, 0.25) is 5.02 Å². The molecule has 1 aromatic heterocycles. The number of anilines is 3. The van der Waals surface area contributed by atoms with Crippen LogP contribution in [0.15, 0.2) is 64.2 Å². The number of aromatic nitrogens is 2. The number of halogens is 4. The molecule has 2 aromatic carbocycles. The second-order valence-corrected chi connectivity index (χ2v) is 9.31. The van der Waals surface area contributed by atoms with E-state index in [-0.39, 0.29) is 35.4 Å². The Kier molecular flexibility index (Phi) is 7.74. The number of para-hydroxylation sites is 2. The van der Waals surface area contributed by atoms with Gasteiger partial charge in [0.05, 0.1) is 17.3 Å². The molecule has 40 heavy (non-hydrogen) atoms. The molecule has 0 bridgehead atoms. The molecule has 2 aliphatic heterocycles. The largest absolute Gasteiger partial charge is 0.493 e. The number of nitrogens with zero attached hydrogens (tertiary/aromatic N) is 4. The highest BCUT2D eigenvalue weighted by Crippen LogP contribution is 2.45. The lowest BCUT2D eigenvalue weighted by molar-refractivity contribution is -0.203. The quantitative estimate of drug-likeness (QED) is 0.435. The van der Waals surface area contributed by atoms with E-state index in [0.29, 0.717) is 37.0 Å². The lowest BCUT2D eigenvalue weighted by atomic mass is 10.2. The molecule has 1 saturated heterocycles. The van der Waals surface area contributed by atoms with Crippen molar-refractivity contribution in [2.45, 2.75) is 19.0 Å². The summed E-state index contributed by atoms with van der Waals surface area (Å²) >= 11 is 6.50. The summed E-state index contributed by atoms with van der Waals surface area (Å²) < 4.78 is 47.1. The molecule has 0 radical (unpaired) electrons. The monoisotopic (exact) mass is 580 g/mol. The topological polar surface area (TPSA) is 112 Å². The van der Waals surface area contributed by atoms with Crippen LogP contribution in [0.25, 0.3) is 0 Å². The Morgan fingerprint density at radius 3 is 2.38 bits per heavy atom. The summed E-state index contributed by atoms with van der Waals surface area (Å²) in [5.74, 6) is -2.36. The van der Waals surface area contributed by atoms with Crippen LogP contribution < -0.4 is 31.3 Å². The summed E-state index contributed by atoms with van der Waals surface area (Å²) in [5, 5.41) is 4.00. The zero-order valence-electron chi connectivity index (χ0n) is 20.9. The Hall–Kier alpha value is -4.01. The first-order valence-electron chi connectivity index (χ1n) is 12.3. The summed E-state index contributed by atoms with van der Waals surface area (Å²) in [6.45, 7) is 1.29. The number of rotatable bonds is 7. The van der Waals surface area contributed by atoms with Crippen LogP contribution in [0.5, 0.6) is 5.75 Å². The number of hydroxylamine groups is 1. The van der Waals surface area contributed by atoms with Crippen LogP contribution in [-0.4, -0.2) is 65.7 Å². The number of alkyl halides is 3. The minimum absolute atomic E-state index is 0.0894. The second-order valence-electron chi connectivity index (χ2n) is 8.90. The summed E-state index contributed by atoms with van der Waals surface area (Å²) in [6, 6.07) is 15.1. The number of nitrogens with one attached hydrogen (secondary N) is 2. The third-order valence-electron chi connectivity index (χ3n) is 6.37. The molecule has 0 aliphatic carbocycles. The van der Waals surface area contributed by atoms with Crippen molar-refractivity contribution < 1.29 is 27.5 Å². The van der Waals surface area contributed by atoms with E-state index in [0.717, 1.165) is 4.57 Å². The van der Waals surface area contributed by atoms with Crippen molar-refractivity contribution in [3.05, 3.63) is 80.5 Å². The standard InChI is InChI=1S/C25H24ClF3N6O5/c26-17-8-4-5-9-18(17)34-19-20(36)31-23(38)33(14-15-39-16-6-2-1-3-7-16)21(19)35(40-22(37)25(27,28)29)24(34)32-12-10-30-11-13-32/h1-9,24,30H,10-15H2,(H,31,36,38). The van der Waals surface area contributed by atoms with Gasteiger partial charge < -0.3 is 14.9 Å². The van der Waals surface area contributed by atoms with Crippen molar-refractivity contribution >= 4 is 34.8 Å². The molecule has 1 atom stereocenters. The molecule has 0 saturated carbocycles. The molecule has 2 N–H and O–H groups in total. The average molecular weight is 581 g/mol. The first kappa shape index (κ1) is 27.6. The fourth-order valence-corrected chi connectivity index (χ4v) is 4.87. The average Bonchev–Trinajstić information content (AvgIpc) is 3.26. The lowest BCUT2D eigenvalue weighted by Crippen LogP contribution is -2.60. The number of ether oxygens (including phenoxy) is 1. The molecular formula is C25H24ClF3N6O5. The van der Waals surface area contributed by atoms with Gasteiger partial charge in [0, 0.05) is 26.2 Å². The van der Waals surface area contributed by atoms with Crippen LogP contribution >= 0.6 is 11.6 Å². The van der Waals surface area contributed by atoms with E-state index in [9.17, 15) is 27.6 Å². The number of carbonyl (C=O) groups is 1. The van der Waals surface area contributed by atoms with Gasteiger partial charge in [0.1, 0.15) is 12.4 Å². The van der Waals surface area contributed by atoms with Gasteiger partial charge in [-0.3, -0.25) is 24.1 Å². The maximum absolute atomic E-state index is 13.5. The van der Waals surface area contributed by atoms with Crippen molar-refractivity contribution in [3.63, 3.8) is 0 Å². The summed E-state index contributed by atoms with van der Waals surface area (Å²) in [6.07, 6.45) is -6.62. The van der Waals surface area contributed by atoms with Gasteiger partial charge in [0.15, 0.2) is 11.5 Å². The highest BCUT2D eigenvalue weighted by molar-refractivity contribution is 6.33. The number of fused-ring (bicyclic) bond motifs is 1. The molecule has 0 amide bonds. The smallest absolute Gasteiger partial charge is 0.492 e. The Balaban J connectivity index is 1.67. The molecule has 11 nitrogen and oxygen atoms in total. The number of H-pyrrole nitrogens is 1. The predicted molar refractivity (Wildman–Crippen MR) is 140 cm³/mol. The van der Waals surface area contributed by atoms with E-state index in [1.807, 2.05) is 0 Å². The van der Waals surface area contributed by atoms with Crippen LogP contribution in [0.3, 0.4) is 0 Å². The fraction of sp³-hybridized carbons (Fsp3) is 0.320. The predicted octanol–water partition coefficient (Wildman–Crippen LogP) is 2.44. The van der Waals surface area contributed by atoms with Crippen molar-refractivity contribution in [2.75, 3.05) is 42.7 Å². The van der Waals surface area contributed by atoms with Gasteiger partial charge in [-0.2, -0.15) is 13.2 Å². The maximum Gasteiger partial charge on any atom is 0.493 e.